The standard InChI is InChI=1S/C3H3NO4/c5-1-3(2-6)4(7)8/h1-2,5H/b3-1+. The third-order valence-electron chi connectivity index (χ3n) is 0.464. The van der Waals surface area contributed by atoms with Crippen molar-refractivity contribution in [2.75, 3.05) is 0 Å². The number of hydrogen-bond acceptors (Lipinski definition) is 4. The van der Waals surface area contributed by atoms with E-state index in [1.54, 1.807) is 0 Å². The summed E-state index contributed by atoms with van der Waals surface area (Å²) < 4.78 is 0. The van der Waals surface area contributed by atoms with Gasteiger partial charge >= 0.3 is 5.70 Å². The molecule has 0 fully saturated rings. The summed E-state index contributed by atoms with van der Waals surface area (Å²) in [4.78, 5) is 18.0. The topological polar surface area (TPSA) is 80.4 Å². The van der Waals surface area contributed by atoms with Gasteiger partial charge in [0.05, 0.1) is 4.92 Å². The van der Waals surface area contributed by atoms with Gasteiger partial charge < -0.3 is 5.11 Å². The fraction of sp³-hybridized carbons (Fsp3) is 0. The maximum atomic E-state index is 9.51. The fourth-order valence-electron chi connectivity index (χ4n) is 0.121. The van der Waals surface area contributed by atoms with Gasteiger partial charge in [-0.2, -0.15) is 0 Å². The molecule has 0 aromatic heterocycles. The molecule has 0 unspecified atom stereocenters. The molecule has 0 bridgehead atoms. The van der Waals surface area contributed by atoms with Gasteiger partial charge in [0.1, 0.15) is 0 Å². The third-order valence-corrected chi connectivity index (χ3v) is 0.464. The molecule has 0 heterocycles. The van der Waals surface area contributed by atoms with Gasteiger partial charge in [0.15, 0.2) is 6.26 Å². The molecule has 0 spiro atoms. The Morgan fingerprint density at radius 2 is 2.25 bits per heavy atom. The molecule has 8 heavy (non-hydrogen) atoms. The molecule has 5 nitrogen and oxygen atoms in total. The van der Waals surface area contributed by atoms with Crippen LogP contribution < -0.4 is 0 Å². The number of rotatable bonds is 2. The lowest BCUT2D eigenvalue weighted by Crippen LogP contribution is -1.98. The molecule has 0 aromatic rings. The summed E-state index contributed by atoms with van der Waals surface area (Å²) >= 11 is 0. The fourth-order valence-corrected chi connectivity index (χ4v) is 0.121. The zero-order valence-corrected chi connectivity index (χ0v) is 3.77. The second-order valence-electron chi connectivity index (χ2n) is 0.929. The van der Waals surface area contributed by atoms with Crippen LogP contribution in [0.25, 0.3) is 0 Å². The van der Waals surface area contributed by atoms with E-state index in [-0.39, 0.29) is 12.5 Å². The highest BCUT2D eigenvalue weighted by molar-refractivity contribution is 5.68. The minimum atomic E-state index is -0.979. The van der Waals surface area contributed by atoms with Crippen LogP contribution in [0.1, 0.15) is 0 Å². The monoisotopic (exact) mass is 117 g/mol. The summed E-state index contributed by atoms with van der Waals surface area (Å²) in [6.45, 7) is 0. The molecular weight excluding hydrogens is 114 g/mol. The third kappa shape index (κ3) is 1.38. The Morgan fingerprint density at radius 3 is 2.25 bits per heavy atom. The summed E-state index contributed by atoms with van der Waals surface area (Å²) in [6, 6.07) is 0. The van der Waals surface area contributed by atoms with Crippen LogP contribution in [0.5, 0.6) is 0 Å². The smallest absolute Gasteiger partial charge is 0.342 e. The largest absolute Gasteiger partial charge is 0.509 e. The minimum absolute atomic E-state index is 0.0417. The Bertz CT molecular complexity index is 138. The number of carbonyl (C=O) groups is 1. The highest BCUT2D eigenvalue weighted by atomic mass is 16.6. The van der Waals surface area contributed by atoms with E-state index < -0.39 is 10.6 Å². The quantitative estimate of drug-likeness (QED) is 0.179. The van der Waals surface area contributed by atoms with E-state index in [1.807, 2.05) is 0 Å². The van der Waals surface area contributed by atoms with Crippen molar-refractivity contribution in [2.45, 2.75) is 0 Å². The van der Waals surface area contributed by atoms with Crippen LogP contribution in [0.2, 0.25) is 0 Å². The molecule has 0 rings (SSSR count). The van der Waals surface area contributed by atoms with Crippen molar-refractivity contribution in [1.82, 2.24) is 0 Å². The minimum Gasteiger partial charge on any atom is -0.509 e. The van der Waals surface area contributed by atoms with Crippen molar-refractivity contribution in [3.05, 3.63) is 22.1 Å². The van der Waals surface area contributed by atoms with Crippen molar-refractivity contribution in [2.24, 2.45) is 0 Å². The zero-order chi connectivity index (χ0) is 6.57. The van der Waals surface area contributed by atoms with Gasteiger partial charge in [-0.3, -0.25) is 14.9 Å². The molecule has 0 saturated heterocycles. The number of nitro groups is 1. The summed E-state index contributed by atoms with van der Waals surface area (Å²) in [5.41, 5.74) is -0.843. The van der Waals surface area contributed by atoms with Crippen molar-refractivity contribution in [1.29, 1.82) is 0 Å². The molecule has 5 heteroatoms. The van der Waals surface area contributed by atoms with E-state index in [0.717, 1.165) is 0 Å². The first-order valence-corrected chi connectivity index (χ1v) is 1.66. The van der Waals surface area contributed by atoms with Gasteiger partial charge in [-0.05, 0) is 0 Å². The van der Waals surface area contributed by atoms with Gasteiger partial charge in [-0.15, -0.1) is 0 Å². The second kappa shape index (κ2) is 2.73. The first-order chi connectivity index (χ1) is 3.72. The second-order valence-corrected chi connectivity index (χ2v) is 0.929. The first kappa shape index (κ1) is 6.61. The van der Waals surface area contributed by atoms with Gasteiger partial charge in [0.25, 0.3) is 0 Å². The molecule has 0 atom stereocenters. The van der Waals surface area contributed by atoms with Gasteiger partial charge in [0.2, 0.25) is 6.29 Å². The van der Waals surface area contributed by atoms with E-state index in [4.69, 9.17) is 5.11 Å². The molecule has 0 aliphatic rings. The van der Waals surface area contributed by atoms with Crippen LogP contribution in [-0.2, 0) is 4.79 Å². The zero-order valence-electron chi connectivity index (χ0n) is 3.77. The average Bonchev–Trinajstić information content (AvgIpc) is 1.69. The van der Waals surface area contributed by atoms with Crippen molar-refractivity contribution in [3.8, 4) is 0 Å². The highest BCUT2D eigenvalue weighted by Gasteiger charge is 2.05. The highest BCUT2D eigenvalue weighted by Crippen LogP contribution is 1.84. The van der Waals surface area contributed by atoms with Crippen LogP contribution >= 0.6 is 0 Å². The molecule has 0 aliphatic carbocycles. The SMILES string of the molecule is O=C/C(=C\O)[N+](=O)[O-]. The van der Waals surface area contributed by atoms with Crippen molar-refractivity contribution < 1.29 is 14.8 Å². The van der Waals surface area contributed by atoms with Gasteiger partial charge in [-0.25, -0.2) is 0 Å². The first-order valence-electron chi connectivity index (χ1n) is 1.66. The Balaban J connectivity index is 4.13. The molecule has 0 aliphatic heterocycles. The summed E-state index contributed by atoms with van der Waals surface area (Å²) in [5, 5.41) is 17.4. The predicted octanol–water partition coefficient (Wildman–Crippen LogP) is -0.139. The lowest BCUT2D eigenvalue weighted by molar-refractivity contribution is -0.418. The molecule has 1 N–H and O–H groups in total. The number of hydrogen-bond donors (Lipinski definition) is 1. The predicted molar refractivity (Wildman–Crippen MR) is 23.8 cm³/mol. The number of aliphatic hydroxyl groups excluding tert-OH is 1. The molecule has 0 aromatic carbocycles. The number of carbonyl (C=O) groups excluding carboxylic acids is 1. The Morgan fingerprint density at radius 1 is 1.75 bits per heavy atom. The lowest BCUT2D eigenvalue weighted by Gasteiger charge is -1.80. The van der Waals surface area contributed by atoms with E-state index in [0.29, 0.717) is 0 Å². The van der Waals surface area contributed by atoms with E-state index in [9.17, 15) is 14.9 Å². The van der Waals surface area contributed by atoms with E-state index in [2.05, 4.69) is 0 Å². The van der Waals surface area contributed by atoms with Crippen molar-refractivity contribution in [3.63, 3.8) is 0 Å². The molecule has 0 radical (unpaired) electrons. The Kier molecular flexibility index (Phi) is 2.25. The molecule has 0 saturated carbocycles. The Labute approximate surface area is 44.4 Å². The van der Waals surface area contributed by atoms with Gasteiger partial charge in [0, 0.05) is 0 Å². The maximum absolute atomic E-state index is 9.51. The van der Waals surface area contributed by atoms with Gasteiger partial charge in [-0.1, -0.05) is 0 Å². The normalized spacial score (nSPS) is 10.8. The number of nitrogens with zero attached hydrogens (tertiary/aromatic N) is 1. The van der Waals surface area contributed by atoms with E-state index in [1.165, 1.54) is 0 Å². The number of allylic oxidation sites excluding steroid dienone is 1. The van der Waals surface area contributed by atoms with Crippen molar-refractivity contribution >= 4 is 6.29 Å². The summed E-state index contributed by atoms with van der Waals surface area (Å²) in [7, 11) is 0. The average molecular weight is 117 g/mol. The van der Waals surface area contributed by atoms with Crippen LogP contribution in [-0.4, -0.2) is 16.3 Å². The molecule has 44 valence electrons. The van der Waals surface area contributed by atoms with Crippen LogP contribution in [0.4, 0.5) is 0 Å². The van der Waals surface area contributed by atoms with Crippen LogP contribution in [0.15, 0.2) is 12.0 Å². The molecular formula is C3H3NO4. The lowest BCUT2D eigenvalue weighted by atomic mass is 10.6. The van der Waals surface area contributed by atoms with Crippen LogP contribution in [0, 0.1) is 10.1 Å². The summed E-state index contributed by atoms with van der Waals surface area (Å²) in [5.74, 6) is 0. The molecule has 0 amide bonds. The Hall–Kier alpha value is -1.39. The number of aliphatic hydroxyl groups is 1. The number of aldehydes is 1. The maximum Gasteiger partial charge on any atom is 0.342 e. The summed E-state index contributed by atoms with van der Waals surface area (Å²) in [6.07, 6.45) is 0.104. The van der Waals surface area contributed by atoms with E-state index >= 15 is 0 Å². The van der Waals surface area contributed by atoms with Crippen LogP contribution in [0.3, 0.4) is 0 Å².